The fourth-order valence-electron chi connectivity index (χ4n) is 2.00. The highest BCUT2D eigenvalue weighted by atomic mass is 16.2. The van der Waals surface area contributed by atoms with Gasteiger partial charge in [-0.05, 0) is 12.8 Å². The monoisotopic (exact) mass is 227 g/mol. The molecular weight excluding hydrogens is 206 g/mol. The molecule has 1 aliphatic rings. The summed E-state index contributed by atoms with van der Waals surface area (Å²) in [5.74, 6) is -0.174. The van der Waals surface area contributed by atoms with Crippen molar-refractivity contribution in [2.45, 2.75) is 44.6 Å². The molecule has 0 unspecified atom stereocenters. The van der Waals surface area contributed by atoms with Crippen molar-refractivity contribution in [3.05, 3.63) is 0 Å². The highest BCUT2D eigenvalue weighted by molar-refractivity contribution is 5.86. The zero-order valence-corrected chi connectivity index (χ0v) is 9.84. The van der Waals surface area contributed by atoms with E-state index in [-0.39, 0.29) is 11.8 Å². The number of hydrogen-bond acceptors (Lipinski definition) is 3. The molecule has 0 heterocycles. The Labute approximate surface area is 96.1 Å². The van der Waals surface area contributed by atoms with E-state index >= 15 is 0 Å². The molecule has 92 valence electrons. The Morgan fingerprint density at radius 3 is 2.25 bits per heavy atom. The third-order valence-corrected chi connectivity index (χ3v) is 2.98. The molecule has 0 spiro atoms. The Morgan fingerprint density at radius 2 is 1.69 bits per heavy atom. The van der Waals surface area contributed by atoms with Gasteiger partial charge in [0.15, 0.2) is 0 Å². The lowest BCUT2D eigenvalue weighted by atomic mass is 9.82. The lowest BCUT2D eigenvalue weighted by Gasteiger charge is -2.31. The molecule has 0 aromatic rings. The Morgan fingerprint density at radius 1 is 1.12 bits per heavy atom. The van der Waals surface area contributed by atoms with Gasteiger partial charge in [0, 0.05) is 20.0 Å². The number of carbonyl (C=O) groups excluding carboxylic acids is 2. The molecule has 1 fully saturated rings. The average Bonchev–Trinajstić information content (AvgIpc) is 2.25. The first-order valence-electron chi connectivity index (χ1n) is 5.86. The van der Waals surface area contributed by atoms with Crippen LogP contribution < -0.4 is 16.4 Å². The van der Waals surface area contributed by atoms with Crippen molar-refractivity contribution in [2.24, 2.45) is 5.73 Å². The van der Waals surface area contributed by atoms with Crippen LogP contribution in [0.1, 0.15) is 39.0 Å². The SMILES string of the molecule is CC(=O)NCCNC(=O)C1(N)CCCCC1. The number of nitrogens with two attached hydrogens (primary N) is 1. The Balaban J connectivity index is 2.25. The summed E-state index contributed by atoms with van der Waals surface area (Å²) >= 11 is 0. The van der Waals surface area contributed by atoms with Crippen molar-refractivity contribution in [1.29, 1.82) is 0 Å². The smallest absolute Gasteiger partial charge is 0.240 e. The van der Waals surface area contributed by atoms with Crippen LogP contribution >= 0.6 is 0 Å². The van der Waals surface area contributed by atoms with Crippen molar-refractivity contribution >= 4 is 11.8 Å². The average molecular weight is 227 g/mol. The van der Waals surface area contributed by atoms with Gasteiger partial charge in [-0.1, -0.05) is 19.3 Å². The normalized spacial score (nSPS) is 18.9. The van der Waals surface area contributed by atoms with E-state index in [1.807, 2.05) is 0 Å². The summed E-state index contributed by atoms with van der Waals surface area (Å²) in [7, 11) is 0. The lowest BCUT2D eigenvalue weighted by molar-refractivity contribution is -0.127. The van der Waals surface area contributed by atoms with Gasteiger partial charge in [-0.2, -0.15) is 0 Å². The zero-order chi connectivity index (χ0) is 12.0. The molecule has 0 atom stereocenters. The van der Waals surface area contributed by atoms with Gasteiger partial charge in [0.05, 0.1) is 5.54 Å². The van der Waals surface area contributed by atoms with Crippen molar-refractivity contribution in [1.82, 2.24) is 10.6 Å². The summed E-state index contributed by atoms with van der Waals surface area (Å²) in [6.07, 6.45) is 4.74. The molecule has 5 heteroatoms. The number of carbonyl (C=O) groups is 2. The molecule has 0 bridgehead atoms. The van der Waals surface area contributed by atoms with Crippen LogP contribution in [0.3, 0.4) is 0 Å². The first-order valence-corrected chi connectivity index (χ1v) is 5.86. The van der Waals surface area contributed by atoms with Gasteiger partial charge in [0.25, 0.3) is 0 Å². The maximum atomic E-state index is 11.8. The summed E-state index contributed by atoms with van der Waals surface area (Å²) in [5.41, 5.74) is 5.36. The molecule has 0 saturated heterocycles. The van der Waals surface area contributed by atoms with Gasteiger partial charge in [0.1, 0.15) is 0 Å². The second kappa shape index (κ2) is 5.84. The third kappa shape index (κ3) is 3.81. The second-order valence-electron chi connectivity index (χ2n) is 4.46. The van der Waals surface area contributed by atoms with Crippen molar-refractivity contribution in [3.8, 4) is 0 Å². The predicted octanol–water partition coefficient (Wildman–Crippen LogP) is -0.0997. The molecule has 0 aromatic heterocycles. The molecule has 0 aromatic carbocycles. The highest BCUT2D eigenvalue weighted by Crippen LogP contribution is 2.25. The molecule has 5 nitrogen and oxygen atoms in total. The van der Waals surface area contributed by atoms with Crippen LogP contribution in [0.25, 0.3) is 0 Å². The quantitative estimate of drug-likeness (QED) is 0.586. The first-order chi connectivity index (χ1) is 7.54. The van der Waals surface area contributed by atoms with E-state index < -0.39 is 5.54 Å². The molecule has 2 amide bonds. The minimum absolute atomic E-state index is 0.0856. The van der Waals surface area contributed by atoms with Gasteiger partial charge >= 0.3 is 0 Å². The largest absolute Gasteiger partial charge is 0.355 e. The van der Waals surface area contributed by atoms with Gasteiger partial charge in [-0.25, -0.2) is 0 Å². The molecule has 4 N–H and O–H groups in total. The molecule has 1 saturated carbocycles. The summed E-state index contributed by atoms with van der Waals surface area (Å²) in [6, 6.07) is 0. The first kappa shape index (κ1) is 13.0. The van der Waals surface area contributed by atoms with E-state index in [4.69, 9.17) is 5.73 Å². The van der Waals surface area contributed by atoms with Gasteiger partial charge < -0.3 is 16.4 Å². The van der Waals surface area contributed by atoms with E-state index in [9.17, 15) is 9.59 Å². The topological polar surface area (TPSA) is 84.2 Å². The second-order valence-corrected chi connectivity index (χ2v) is 4.46. The molecule has 1 rings (SSSR count). The van der Waals surface area contributed by atoms with Crippen LogP contribution in [-0.4, -0.2) is 30.4 Å². The Kier molecular flexibility index (Phi) is 4.73. The van der Waals surface area contributed by atoms with Crippen LogP contribution in [-0.2, 0) is 9.59 Å². The van der Waals surface area contributed by atoms with Gasteiger partial charge in [-0.15, -0.1) is 0 Å². The van der Waals surface area contributed by atoms with E-state index in [1.54, 1.807) is 0 Å². The van der Waals surface area contributed by atoms with Crippen molar-refractivity contribution in [2.75, 3.05) is 13.1 Å². The summed E-state index contributed by atoms with van der Waals surface area (Å²) in [4.78, 5) is 22.4. The number of amides is 2. The molecular formula is C11H21N3O2. The maximum Gasteiger partial charge on any atom is 0.240 e. The summed E-state index contributed by atoms with van der Waals surface area (Å²) in [6.45, 7) is 2.35. The molecule has 0 aliphatic heterocycles. The van der Waals surface area contributed by atoms with Crippen LogP contribution in [0.15, 0.2) is 0 Å². The minimum atomic E-state index is -0.686. The summed E-state index contributed by atoms with van der Waals surface area (Å²) in [5, 5.41) is 5.39. The fourth-order valence-corrected chi connectivity index (χ4v) is 2.00. The van der Waals surface area contributed by atoms with E-state index in [2.05, 4.69) is 10.6 Å². The highest BCUT2D eigenvalue weighted by Gasteiger charge is 2.34. The zero-order valence-electron chi connectivity index (χ0n) is 9.84. The number of hydrogen-bond donors (Lipinski definition) is 3. The standard InChI is InChI=1S/C11H21N3O2/c1-9(15)13-7-8-14-10(16)11(12)5-3-2-4-6-11/h2-8,12H2,1H3,(H,13,15)(H,14,16). The Hall–Kier alpha value is -1.10. The van der Waals surface area contributed by atoms with Crippen LogP contribution in [0.2, 0.25) is 0 Å². The van der Waals surface area contributed by atoms with Crippen molar-refractivity contribution in [3.63, 3.8) is 0 Å². The third-order valence-electron chi connectivity index (χ3n) is 2.98. The van der Waals surface area contributed by atoms with Gasteiger partial charge in [0.2, 0.25) is 11.8 Å². The fraction of sp³-hybridized carbons (Fsp3) is 0.818. The van der Waals surface area contributed by atoms with Crippen LogP contribution in [0.5, 0.6) is 0 Å². The van der Waals surface area contributed by atoms with Gasteiger partial charge in [-0.3, -0.25) is 9.59 Å². The van der Waals surface area contributed by atoms with Crippen LogP contribution in [0, 0.1) is 0 Å². The van der Waals surface area contributed by atoms with E-state index in [1.165, 1.54) is 6.92 Å². The van der Waals surface area contributed by atoms with E-state index in [0.717, 1.165) is 32.1 Å². The number of rotatable bonds is 4. The minimum Gasteiger partial charge on any atom is -0.355 e. The summed E-state index contributed by atoms with van der Waals surface area (Å²) < 4.78 is 0. The molecule has 0 radical (unpaired) electrons. The maximum absolute atomic E-state index is 11.8. The number of nitrogens with one attached hydrogen (secondary N) is 2. The van der Waals surface area contributed by atoms with Crippen molar-refractivity contribution < 1.29 is 9.59 Å². The lowest BCUT2D eigenvalue weighted by Crippen LogP contribution is -2.55. The molecule has 1 aliphatic carbocycles. The Bertz CT molecular complexity index is 260. The predicted molar refractivity (Wildman–Crippen MR) is 61.7 cm³/mol. The molecule has 16 heavy (non-hydrogen) atoms. The van der Waals surface area contributed by atoms with Crippen LogP contribution in [0.4, 0.5) is 0 Å². The van der Waals surface area contributed by atoms with E-state index in [0.29, 0.717) is 13.1 Å².